The van der Waals surface area contributed by atoms with Crippen molar-refractivity contribution in [3.63, 3.8) is 0 Å². The molecule has 0 aromatic carbocycles. The molecule has 0 bridgehead atoms. The summed E-state index contributed by atoms with van der Waals surface area (Å²) in [5, 5.41) is 19.9. The van der Waals surface area contributed by atoms with Crippen LogP contribution in [-0.2, 0) is 18.6 Å². The van der Waals surface area contributed by atoms with E-state index >= 15 is 0 Å². The molecule has 2 aromatic rings. The van der Waals surface area contributed by atoms with E-state index in [-0.39, 0.29) is 17.0 Å². The van der Waals surface area contributed by atoms with E-state index in [0.29, 0.717) is 0 Å². The van der Waals surface area contributed by atoms with Crippen molar-refractivity contribution in [2.24, 2.45) is 0 Å². The van der Waals surface area contributed by atoms with E-state index < -0.39 is 39.0 Å². The number of aromatic nitrogens is 4. The Hall–Kier alpha value is -1.66. The van der Waals surface area contributed by atoms with Crippen LogP contribution in [0.3, 0.4) is 0 Å². The Morgan fingerprint density at radius 2 is 2.12 bits per heavy atom. The van der Waals surface area contributed by atoms with Crippen molar-refractivity contribution in [3.05, 3.63) is 12.7 Å². The number of methoxy groups -OCH3 is 1. The van der Waals surface area contributed by atoms with Gasteiger partial charge in [0.15, 0.2) is 17.4 Å². The van der Waals surface area contributed by atoms with Gasteiger partial charge in [-0.2, -0.15) is 4.98 Å². The summed E-state index contributed by atoms with van der Waals surface area (Å²) >= 11 is 0. The molecule has 3 rings (SSSR count). The average Bonchev–Trinajstić information content (AvgIpc) is 3.06. The number of imidazole rings is 1. The summed E-state index contributed by atoms with van der Waals surface area (Å²) in [5.41, 5.74) is 0.388. The average molecular weight is 362 g/mol. The number of hydrogen-bond acceptors (Lipinski definition) is 9. The quantitative estimate of drug-likeness (QED) is 0.477. The number of fused-ring (bicyclic) bond motifs is 1. The largest absolute Gasteiger partial charge is 0.492 e. The second-order valence-electron chi connectivity index (χ2n) is 5.06. The Labute approximate surface area is 134 Å². The Kier molecular flexibility index (Phi) is 4.53. The van der Waals surface area contributed by atoms with Gasteiger partial charge in [0, 0.05) is 7.11 Å². The second kappa shape index (κ2) is 6.33. The molecule has 0 spiro atoms. The van der Waals surface area contributed by atoms with Crippen LogP contribution in [-0.4, -0.2) is 71.5 Å². The van der Waals surface area contributed by atoms with Gasteiger partial charge in [0.2, 0.25) is 5.88 Å². The molecule has 1 fully saturated rings. The molecule has 12 nitrogen and oxygen atoms in total. The van der Waals surface area contributed by atoms with Crippen LogP contribution in [0.1, 0.15) is 6.23 Å². The summed E-state index contributed by atoms with van der Waals surface area (Å²) in [6, 6.07) is 0. The van der Waals surface area contributed by atoms with Crippen molar-refractivity contribution in [3.8, 4) is 5.88 Å². The van der Waals surface area contributed by atoms with Crippen LogP contribution in [0.15, 0.2) is 12.7 Å². The fraction of sp³-hybridized carbons (Fsp3) is 0.545. The van der Waals surface area contributed by atoms with Crippen LogP contribution in [0.5, 0.6) is 5.88 Å². The molecule has 3 heterocycles. The van der Waals surface area contributed by atoms with Crippen molar-refractivity contribution in [1.29, 1.82) is 0 Å². The SMILES string of the molecule is CO[C@@H]1[C@H](O)[C@@H](COP(=O)(O)O)O[C@H]1n1cnc2c(O)ncnc21. The molecule has 0 amide bonds. The predicted molar refractivity (Wildman–Crippen MR) is 75.7 cm³/mol. The van der Waals surface area contributed by atoms with Crippen LogP contribution in [0.25, 0.3) is 11.2 Å². The molecule has 0 unspecified atom stereocenters. The van der Waals surface area contributed by atoms with Crippen molar-refractivity contribution in [2.75, 3.05) is 13.7 Å². The Morgan fingerprint density at radius 3 is 2.79 bits per heavy atom. The van der Waals surface area contributed by atoms with Crippen molar-refractivity contribution < 1.29 is 38.6 Å². The molecule has 0 aliphatic carbocycles. The molecular weight excluding hydrogens is 347 g/mol. The maximum absolute atomic E-state index is 10.8. The maximum Gasteiger partial charge on any atom is 0.469 e. The Bertz CT molecular complexity index is 778. The highest BCUT2D eigenvalue weighted by Gasteiger charge is 2.46. The third kappa shape index (κ3) is 3.13. The number of aliphatic hydroxyl groups excluding tert-OH is 1. The zero-order chi connectivity index (χ0) is 17.5. The minimum atomic E-state index is -4.70. The maximum atomic E-state index is 10.8. The lowest BCUT2D eigenvalue weighted by Gasteiger charge is -2.19. The first-order chi connectivity index (χ1) is 11.3. The van der Waals surface area contributed by atoms with Gasteiger partial charge in [-0.3, -0.25) is 9.09 Å². The molecule has 132 valence electrons. The van der Waals surface area contributed by atoms with Gasteiger partial charge in [-0.15, -0.1) is 0 Å². The standard InChI is InChI=1S/C11H15N4O8P/c1-21-8-7(16)5(2-22-24(18,19)20)23-11(8)15-4-14-6-9(15)12-3-13-10(6)17/h3-5,7-8,11,16H,2H2,1H3,(H,12,13,17)(H2,18,19,20)/t5-,7-,8-,11-/m1/s1. The number of rotatable bonds is 5. The monoisotopic (exact) mass is 362 g/mol. The third-order valence-corrected chi connectivity index (χ3v) is 4.09. The summed E-state index contributed by atoms with van der Waals surface area (Å²) in [6.07, 6.45) is -1.55. The summed E-state index contributed by atoms with van der Waals surface area (Å²) in [5.74, 6) is -0.312. The molecule has 1 aliphatic heterocycles. The highest BCUT2D eigenvalue weighted by Crippen LogP contribution is 2.39. The number of phosphoric acid groups is 1. The smallest absolute Gasteiger partial charge is 0.469 e. The highest BCUT2D eigenvalue weighted by molar-refractivity contribution is 7.46. The molecule has 4 N–H and O–H groups in total. The van der Waals surface area contributed by atoms with Crippen molar-refractivity contribution >= 4 is 19.0 Å². The molecule has 2 aromatic heterocycles. The van der Waals surface area contributed by atoms with Crippen LogP contribution >= 0.6 is 7.82 Å². The van der Waals surface area contributed by atoms with Crippen LogP contribution in [0, 0.1) is 0 Å². The molecule has 0 saturated carbocycles. The van der Waals surface area contributed by atoms with Gasteiger partial charge in [0.1, 0.15) is 24.6 Å². The normalized spacial score (nSPS) is 27.8. The topological polar surface area (TPSA) is 169 Å². The first-order valence-corrected chi connectivity index (χ1v) is 8.27. The number of aromatic hydroxyl groups is 1. The zero-order valence-electron chi connectivity index (χ0n) is 12.3. The van der Waals surface area contributed by atoms with E-state index in [4.69, 9.17) is 19.3 Å². The van der Waals surface area contributed by atoms with E-state index in [1.807, 2.05) is 0 Å². The number of ether oxygens (including phenoxy) is 2. The molecular formula is C11H15N4O8P. The van der Waals surface area contributed by atoms with Gasteiger partial charge < -0.3 is 29.5 Å². The van der Waals surface area contributed by atoms with E-state index in [1.165, 1.54) is 18.0 Å². The highest BCUT2D eigenvalue weighted by atomic mass is 31.2. The van der Waals surface area contributed by atoms with E-state index in [0.717, 1.165) is 6.33 Å². The molecule has 4 atom stereocenters. The lowest BCUT2D eigenvalue weighted by Crippen LogP contribution is -2.35. The first kappa shape index (κ1) is 17.2. The predicted octanol–water partition coefficient (Wildman–Crippen LogP) is -1.09. The van der Waals surface area contributed by atoms with Gasteiger partial charge in [0.25, 0.3) is 0 Å². The Balaban J connectivity index is 1.89. The lowest BCUT2D eigenvalue weighted by atomic mass is 10.1. The zero-order valence-corrected chi connectivity index (χ0v) is 13.2. The fourth-order valence-electron chi connectivity index (χ4n) is 2.53. The van der Waals surface area contributed by atoms with Gasteiger partial charge in [-0.1, -0.05) is 0 Å². The van der Waals surface area contributed by atoms with Gasteiger partial charge >= 0.3 is 7.82 Å². The van der Waals surface area contributed by atoms with Crippen LogP contribution in [0.2, 0.25) is 0 Å². The van der Waals surface area contributed by atoms with Crippen molar-refractivity contribution in [2.45, 2.75) is 24.5 Å². The lowest BCUT2D eigenvalue weighted by molar-refractivity contribution is -0.0578. The minimum Gasteiger partial charge on any atom is -0.492 e. The molecule has 1 saturated heterocycles. The summed E-state index contributed by atoms with van der Waals surface area (Å²) in [6.45, 7) is -0.533. The fourth-order valence-corrected chi connectivity index (χ4v) is 2.87. The number of phosphoric ester groups is 1. The molecule has 13 heteroatoms. The van der Waals surface area contributed by atoms with Gasteiger partial charge in [-0.05, 0) is 0 Å². The van der Waals surface area contributed by atoms with Gasteiger partial charge in [-0.25, -0.2) is 14.5 Å². The van der Waals surface area contributed by atoms with Crippen molar-refractivity contribution in [1.82, 2.24) is 19.5 Å². The molecule has 24 heavy (non-hydrogen) atoms. The van der Waals surface area contributed by atoms with E-state index in [9.17, 15) is 14.8 Å². The number of aliphatic hydroxyl groups is 1. The van der Waals surface area contributed by atoms with Gasteiger partial charge in [0.05, 0.1) is 12.9 Å². The van der Waals surface area contributed by atoms with Crippen LogP contribution in [0.4, 0.5) is 0 Å². The van der Waals surface area contributed by atoms with E-state index in [2.05, 4.69) is 19.5 Å². The van der Waals surface area contributed by atoms with E-state index in [1.54, 1.807) is 0 Å². The summed E-state index contributed by atoms with van der Waals surface area (Å²) in [4.78, 5) is 29.1. The molecule has 1 aliphatic rings. The molecule has 0 radical (unpaired) electrons. The Morgan fingerprint density at radius 1 is 1.38 bits per heavy atom. The third-order valence-electron chi connectivity index (χ3n) is 3.61. The van der Waals surface area contributed by atoms with Crippen LogP contribution < -0.4 is 0 Å². The number of nitrogens with zero attached hydrogens (tertiary/aromatic N) is 4. The first-order valence-electron chi connectivity index (χ1n) is 6.74. The summed E-state index contributed by atoms with van der Waals surface area (Å²) in [7, 11) is -3.35. The number of hydrogen-bond donors (Lipinski definition) is 4. The summed E-state index contributed by atoms with van der Waals surface area (Å²) < 4.78 is 27.4. The second-order valence-corrected chi connectivity index (χ2v) is 6.30. The minimum absolute atomic E-state index is 0.139.